The topological polar surface area (TPSA) is 40.0 Å². The Morgan fingerprint density at radius 3 is 2.52 bits per heavy atom. The summed E-state index contributed by atoms with van der Waals surface area (Å²) >= 11 is 0. The number of aromatic nitrogens is 2. The summed E-state index contributed by atoms with van der Waals surface area (Å²) in [6, 6.07) is 26.9. The van der Waals surface area contributed by atoms with Crippen LogP contribution in [0.25, 0.3) is 11.0 Å². The molecule has 1 saturated heterocycles. The van der Waals surface area contributed by atoms with E-state index in [0.717, 1.165) is 23.6 Å². The SMILES string of the molecule is Cc1ccccc1C[n+]1c(C2CC(=O)N(c3ccccc3)C2)[nH]c2ccccc21. The van der Waals surface area contributed by atoms with Gasteiger partial charge >= 0.3 is 0 Å². The van der Waals surface area contributed by atoms with Gasteiger partial charge in [-0.25, -0.2) is 9.55 Å². The predicted molar refractivity (Wildman–Crippen MR) is 115 cm³/mol. The average molecular weight is 382 g/mol. The first-order chi connectivity index (χ1) is 14.2. The van der Waals surface area contributed by atoms with Crippen LogP contribution in [0, 0.1) is 6.92 Å². The number of benzene rings is 3. The molecule has 0 spiro atoms. The highest BCUT2D eigenvalue weighted by atomic mass is 16.2. The van der Waals surface area contributed by atoms with Crippen LogP contribution < -0.4 is 9.47 Å². The van der Waals surface area contributed by atoms with Crippen molar-refractivity contribution in [1.29, 1.82) is 0 Å². The molecule has 4 nitrogen and oxygen atoms in total. The number of nitrogens with one attached hydrogen (secondary N) is 1. The third-order valence-electron chi connectivity index (χ3n) is 5.92. The highest BCUT2D eigenvalue weighted by Gasteiger charge is 2.38. The zero-order valence-electron chi connectivity index (χ0n) is 16.5. The molecule has 4 aromatic rings. The number of aryl methyl sites for hydroxylation is 1. The van der Waals surface area contributed by atoms with E-state index in [1.165, 1.54) is 16.6 Å². The van der Waals surface area contributed by atoms with Crippen molar-refractivity contribution in [2.24, 2.45) is 0 Å². The molecule has 1 unspecified atom stereocenters. The Kier molecular flexibility index (Phi) is 4.39. The molecule has 0 bridgehead atoms. The van der Waals surface area contributed by atoms with Crippen LogP contribution in [0.4, 0.5) is 5.69 Å². The lowest BCUT2D eigenvalue weighted by Gasteiger charge is -2.16. The van der Waals surface area contributed by atoms with Crippen molar-refractivity contribution in [3.05, 3.63) is 95.8 Å². The van der Waals surface area contributed by atoms with E-state index in [4.69, 9.17) is 0 Å². The molecule has 2 heterocycles. The Balaban J connectivity index is 1.55. The molecule has 4 heteroatoms. The molecule has 1 fully saturated rings. The van der Waals surface area contributed by atoms with Crippen LogP contribution in [0.2, 0.25) is 0 Å². The Morgan fingerprint density at radius 2 is 1.69 bits per heavy atom. The fourth-order valence-corrected chi connectivity index (χ4v) is 4.35. The van der Waals surface area contributed by atoms with Crippen LogP contribution in [0.5, 0.6) is 0 Å². The second-order valence-corrected chi connectivity index (χ2v) is 7.78. The summed E-state index contributed by atoms with van der Waals surface area (Å²) in [7, 11) is 0. The van der Waals surface area contributed by atoms with E-state index in [2.05, 4.69) is 65.0 Å². The number of hydrogen-bond donors (Lipinski definition) is 1. The van der Waals surface area contributed by atoms with E-state index in [1.54, 1.807) is 0 Å². The molecule has 5 rings (SSSR count). The zero-order valence-corrected chi connectivity index (χ0v) is 16.5. The molecular weight excluding hydrogens is 358 g/mol. The van der Waals surface area contributed by atoms with E-state index >= 15 is 0 Å². The molecule has 29 heavy (non-hydrogen) atoms. The summed E-state index contributed by atoms with van der Waals surface area (Å²) in [5, 5.41) is 0. The van der Waals surface area contributed by atoms with Gasteiger partial charge in [-0.1, -0.05) is 54.6 Å². The van der Waals surface area contributed by atoms with Crippen LogP contribution in [0.15, 0.2) is 78.9 Å². The quantitative estimate of drug-likeness (QED) is 0.524. The standard InChI is InChI=1S/C25H23N3O/c1-18-9-5-6-10-19(18)16-28-23-14-8-7-13-22(23)26-25(28)20-15-24(29)27(17-20)21-11-3-2-4-12-21/h2-14,20H,15-17H2,1H3/p+1. The summed E-state index contributed by atoms with van der Waals surface area (Å²) in [6.07, 6.45) is 0.523. The number of fused-ring (bicyclic) bond motifs is 1. The van der Waals surface area contributed by atoms with Gasteiger partial charge in [0, 0.05) is 18.7 Å². The molecule has 0 saturated carbocycles. The summed E-state index contributed by atoms with van der Waals surface area (Å²) in [5.41, 5.74) is 5.84. The van der Waals surface area contributed by atoms with Crippen LogP contribution in [0.1, 0.15) is 29.3 Å². The molecule has 1 atom stereocenters. The first-order valence-electron chi connectivity index (χ1n) is 10.1. The number of amides is 1. The lowest BCUT2D eigenvalue weighted by molar-refractivity contribution is -0.671. The van der Waals surface area contributed by atoms with Crippen LogP contribution >= 0.6 is 0 Å². The minimum Gasteiger partial charge on any atom is -0.311 e. The average Bonchev–Trinajstić information content (AvgIpc) is 3.31. The number of anilines is 1. The predicted octanol–water partition coefficient (Wildman–Crippen LogP) is 4.33. The normalized spacial score (nSPS) is 16.7. The fourth-order valence-electron chi connectivity index (χ4n) is 4.35. The number of imidazole rings is 1. The first-order valence-corrected chi connectivity index (χ1v) is 10.1. The second kappa shape index (κ2) is 7.21. The van der Waals surface area contributed by atoms with Gasteiger partial charge in [0.25, 0.3) is 5.82 Å². The van der Waals surface area contributed by atoms with Gasteiger partial charge in [-0.15, -0.1) is 0 Å². The largest absolute Gasteiger partial charge is 0.311 e. The molecular formula is C25H24N3O+. The van der Waals surface area contributed by atoms with Crippen molar-refractivity contribution >= 4 is 22.6 Å². The van der Waals surface area contributed by atoms with Gasteiger partial charge in [-0.3, -0.25) is 4.79 Å². The van der Waals surface area contributed by atoms with Gasteiger partial charge in [0.2, 0.25) is 5.91 Å². The molecule has 0 aliphatic carbocycles. The fraction of sp³-hybridized carbons (Fsp3) is 0.200. The Morgan fingerprint density at radius 1 is 0.966 bits per heavy atom. The number of hydrogen-bond acceptors (Lipinski definition) is 1. The molecule has 144 valence electrons. The summed E-state index contributed by atoms with van der Waals surface area (Å²) in [4.78, 5) is 18.3. The number of aromatic amines is 1. The van der Waals surface area contributed by atoms with E-state index in [1.807, 2.05) is 35.2 Å². The minimum absolute atomic E-state index is 0.138. The maximum absolute atomic E-state index is 12.8. The Hall–Kier alpha value is -3.40. The number of carbonyl (C=O) groups is 1. The molecule has 1 N–H and O–H groups in total. The van der Waals surface area contributed by atoms with E-state index in [-0.39, 0.29) is 11.8 Å². The third kappa shape index (κ3) is 3.21. The number of carbonyl (C=O) groups excluding carboxylic acids is 1. The minimum atomic E-state index is 0.138. The number of rotatable bonds is 4. The Labute approximate surface area is 170 Å². The highest BCUT2D eigenvalue weighted by molar-refractivity contribution is 5.96. The maximum Gasteiger partial charge on any atom is 0.260 e. The summed E-state index contributed by atoms with van der Waals surface area (Å²) < 4.78 is 2.35. The molecule has 1 amide bonds. The van der Waals surface area contributed by atoms with Gasteiger partial charge < -0.3 is 4.90 Å². The molecule has 0 radical (unpaired) electrons. The van der Waals surface area contributed by atoms with Gasteiger partial charge in [0.1, 0.15) is 6.54 Å². The highest BCUT2D eigenvalue weighted by Crippen LogP contribution is 2.31. The molecule has 1 aliphatic rings. The van der Waals surface area contributed by atoms with Crippen molar-refractivity contribution in [2.75, 3.05) is 11.4 Å². The smallest absolute Gasteiger partial charge is 0.260 e. The third-order valence-corrected chi connectivity index (χ3v) is 5.92. The summed E-state index contributed by atoms with van der Waals surface area (Å²) in [6.45, 7) is 3.64. The summed E-state index contributed by atoms with van der Waals surface area (Å²) in [5.74, 6) is 1.45. The van der Waals surface area contributed by atoms with Crippen molar-refractivity contribution in [3.63, 3.8) is 0 Å². The van der Waals surface area contributed by atoms with Crippen molar-refractivity contribution < 1.29 is 9.36 Å². The van der Waals surface area contributed by atoms with Crippen LogP contribution in [-0.2, 0) is 11.3 Å². The van der Waals surface area contributed by atoms with Gasteiger partial charge in [0.05, 0.1) is 5.92 Å². The van der Waals surface area contributed by atoms with E-state index in [0.29, 0.717) is 13.0 Å². The monoisotopic (exact) mass is 382 g/mol. The number of para-hydroxylation sites is 3. The molecule has 1 aliphatic heterocycles. The van der Waals surface area contributed by atoms with E-state index < -0.39 is 0 Å². The van der Waals surface area contributed by atoms with Crippen LogP contribution in [-0.4, -0.2) is 17.4 Å². The lowest BCUT2D eigenvalue weighted by atomic mass is 10.1. The van der Waals surface area contributed by atoms with Crippen LogP contribution in [0.3, 0.4) is 0 Å². The zero-order chi connectivity index (χ0) is 19.8. The molecule has 3 aromatic carbocycles. The maximum atomic E-state index is 12.8. The van der Waals surface area contributed by atoms with Gasteiger partial charge in [-0.05, 0) is 42.3 Å². The van der Waals surface area contributed by atoms with Crippen molar-refractivity contribution in [1.82, 2.24) is 4.98 Å². The van der Waals surface area contributed by atoms with Crippen molar-refractivity contribution in [3.8, 4) is 0 Å². The number of H-pyrrole nitrogens is 1. The van der Waals surface area contributed by atoms with Gasteiger partial charge in [0.15, 0.2) is 11.0 Å². The molecule has 1 aromatic heterocycles. The lowest BCUT2D eigenvalue weighted by Crippen LogP contribution is -2.39. The first kappa shape index (κ1) is 17.7. The van der Waals surface area contributed by atoms with E-state index in [9.17, 15) is 4.79 Å². The van der Waals surface area contributed by atoms with Crippen molar-refractivity contribution in [2.45, 2.75) is 25.8 Å². The second-order valence-electron chi connectivity index (χ2n) is 7.78. The number of nitrogens with zero attached hydrogens (tertiary/aromatic N) is 2. The van der Waals surface area contributed by atoms with Gasteiger partial charge in [-0.2, -0.15) is 0 Å². The Bertz CT molecular complexity index is 1180.